The molecule has 2 fully saturated rings. The molecule has 2 atom stereocenters. The summed E-state index contributed by atoms with van der Waals surface area (Å²) in [4.78, 5) is 32.5. The molecule has 3 aromatic rings. The number of benzene rings is 2. The molecule has 7 heteroatoms. The van der Waals surface area contributed by atoms with E-state index in [-0.39, 0.29) is 23.9 Å². The van der Waals surface area contributed by atoms with Gasteiger partial charge in [-0.25, -0.2) is 0 Å². The Hall–Kier alpha value is -3.38. The molecule has 1 aliphatic heterocycles. The molecule has 0 bridgehead atoms. The highest BCUT2D eigenvalue weighted by Gasteiger charge is 2.49. The van der Waals surface area contributed by atoms with Crippen LogP contribution >= 0.6 is 11.6 Å². The number of anilines is 1. The van der Waals surface area contributed by atoms with Crippen molar-refractivity contribution in [1.82, 2.24) is 15.2 Å². The van der Waals surface area contributed by atoms with Crippen LogP contribution in [0.1, 0.15) is 56.9 Å². The number of nitrogens with one attached hydrogen (secondary N) is 2. The number of hydrogen-bond donors (Lipinski definition) is 2. The molecule has 2 amide bonds. The number of rotatable bonds is 9. The van der Waals surface area contributed by atoms with E-state index in [0.29, 0.717) is 24.4 Å². The van der Waals surface area contributed by atoms with Crippen LogP contribution in [0.5, 0.6) is 0 Å². The summed E-state index contributed by atoms with van der Waals surface area (Å²) in [6.07, 6.45) is 13.8. The van der Waals surface area contributed by atoms with Crippen LogP contribution in [0.4, 0.5) is 5.69 Å². The van der Waals surface area contributed by atoms with Gasteiger partial charge in [-0.05, 0) is 49.1 Å². The van der Waals surface area contributed by atoms with Gasteiger partial charge in [0.15, 0.2) is 0 Å². The van der Waals surface area contributed by atoms with Crippen LogP contribution in [-0.2, 0) is 9.59 Å². The topological polar surface area (TPSA) is 74.3 Å². The van der Waals surface area contributed by atoms with Crippen LogP contribution in [-0.4, -0.2) is 46.4 Å². The molecule has 1 aromatic heterocycles. The Kier molecular flexibility index (Phi) is 8.59. The minimum atomic E-state index is -0.493. The zero-order valence-corrected chi connectivity index (χ0v) is 22.4. The fourth-order valence-electron chi connectivity index (χ4n) is 5.61. The molecule has 1 saturated carbocycles. The number of likely N-dealkylation sites (tertiary alicyclic amines) is 1. The van der Waals surface area contributed by atoms with E-state index < -0.39 is 6.04 Å². The Morgan fingerprint density at radius 3 is 2.63 bits per heavy atom. The highest BCUT2D eigenvalue weighted by atomic mass is 35.5. The van der Waals surface area contributed by atoms with Gasteiger partial charge in [0, 0.05) is 41.3 Å². The molecule has 0 spiro atoms. The van der Waals surface area contributed by atoms with E-state index in [0.717, 1.165) is 47.8 Å². The molecule has 2 aliphatic rings. The number of amides is 2. The fourth-order valence-corrected chi connectivity index (χ4v) is 5.78. The zero-order chi connectivity index (χ0) is 26.3. The van der Waals surface area contributed by atoms with Gasteiger partial charge in [-0.1, -0.05) is 79.8 Å². The molecule has 2 heterocycles. The second kappa shape index (κ2) is 12.4. The van der Waals surface area contributed by atoms with Gasteiger partial charge in [0.2, 0.25) is 11.8 Å². The summed E-state index contributed by atoms with van der Waals surface area (Å²) in [7, 11) is 0. The third-order valence-corrected chi connectivity index (χ3v) is 7.84. The molecule has 1 aliphatic carbocycles. The molecular weight excluding hydrogens is 496 g/mol. The summed E-state index contributed by atoms with van der Waals surface area (Å²) in [5.41, 5.74) is 2.89. The summed E-state index contributed by atoms with van der Waals surface area (Å²) in [6, 6.07) is 17.3. The third kappa shape index (κ3) is 6.18. The maximum atomic E-state index is 13.2. The summed E-state index contributed by atoms with van der Waals surface area (Å²) < 4.78 is 0. The summed E-state index contributed by atoms with van der Waals surface area (Å²) in [5.74, 6) is -0.0388. The van der Waals surface area contributed by atoms with E-state index in [1.54, 1.807) is 6.20 Å². The Labute approximate surface area is 229 Å². The minimum absolute atomic E-state index is 0.0491. The van der Waals surface area contributed by atoms with Gasteiger partial charge in [-0.3, -0.25) is 14.6 Å². The second-order valence-electron chi connectivity index (χ2n) is 10.2. The minimum Gasteiger partial charge on any atom is -0.384 e. The molecule has 2 N–H and O–H groups in total. The molecule has 2 aromatic carbocycles. The van der Waals surface area contributed by atoms with Crippen LogP contribution in [0.25, 0.3) is 17.0 Å². The van der Waals surface area contributed by atoms with Crippen LogP contribution in [0.2, 0.25) is 5.02 Å². The lowest BCUT2D eigenvalue weighted by Crippen LogP contribution is -2.72. The van der Waals surface area contributed by atoms with Gasteiger partial charge in [0.1, 0.15) is 6.04 Å². The van der Waals surface area contributed by atoms with E-state index in [9.17, 15) is 9.59 Å². The summed E-state index contributed by atoms with van der Waals surface area (Å²) in [6.45, 7) is 0.638. The third-order valence-electron chi connectivity index (χ3n) is 7.60. The maximum absolute atomic E-state index is 13.2. The van der Waals surface area contributed by atoms with Crippen molar-refractivity contribution in [3.8, 4) is 0 Å². The van der Waals surface area contributed by atoms with E-state index in [2.05, 4.69) is 27.8 Å². The van der Waals surface area contributed by atoms with Crippen molar-refractivity contribution < 1.29 is 9.59 Å². The van der Waals surface area contributed by atoms with E-state index in [4.69, 9.17) is 11.6 Å². The smallest absolute Gasteiger partial charge is 0.248 e. The number of hydrogen-bond acceptors (Lipinski definition) is 4. The van der Waals surface area contributed by atoms with Crippen LogP contribution in [0.3, 0.4) is 0 Å². The van der Waals surface area contributed by atoms with E-state index in [1.807, 2.05) is 59.5 Å². The molecule has 0 unspecified atom stereocenters. The van der Waals surface area contributed by atoms with Crippen molar-refractivity contribution >= 4 is 46.1 Å². The lowest BCUT2D eigenvalue weighted by Gasteiger charge is -2.50. The van der Waals surface area contributed by atoms with Gasteiger partial charge in [0.25, 0.3) is 0 Å². The number of β-lactam (4-membered cyclic amide) rings is 1. The van der Waals surface area contributed by atoms with Crippen molar-refractivity contribution in [1.29, 1.82) is 0 Å². The second-order valence-corrected chi connectivity index (χ2v) is 10.7. The van der Waals surface area contributed by atoms with Crippen LogP contribution in [0.15, 0.2) is 66.9 Å². The lowest BCUT2D eigenvalue weighted by molar-refractivity contribution is -0.155. The highest BCUT2D eigenvalue weighted by Crippen LogP contribution is 2.32. The Morgan fingerprint density at radius 1 is 1.05 bits per heavy atom. The molecule has 38 heavy (non-hydrogen) atoms. The van der Waals surface area contributed by atoms with Gasteiger partial charge < -0.3 is 15.5 Å². The van der Waals surface area contributed by atoms with Crippen molar-refractivity contribution in [3.63, 3.8) is 0 Å². The number of carbonyl (C=O) groups is 2. The first-order chi connectivity index (χ1) is 18.6. The number of fused-ring (bicyclic) bond motifs is 1. The normalized spacial score (nSPS) is 20.3. The predicted molar refractivity (Wildman–Crippen MR) is 154 cm³/mol. The lowest BCUT2D eigenvalue weighted by atomic mass is 9.89. The predicted octanol–water partition coefficient (Wildman–Crippen LogP) is 6.21. The van der Waals surface area contributed by atoms with Crippen molar-refractivity contribution in [3.05, 3.63) is 77.5 Å². The first-order valence-corrected chi connectivity index (χ1v) is 14.1. The van der Waals surface area contributed by atoms with Crippen molar-refractivity contribution in [2.24, 2.45) is 0 Å². The number of halogens is 1. The molecule has 198 valence electrons. The Balaban J connectivity index is 1.18. The van der Waals surface area contributed by atoms with Gasteiger partial charge in [-0.15, -0.1) is 0 Å². The first-order valence-electron chi connectivity index (χ1n) is 13.7. The zero-order valence-electron chi connectivity index (χ0n) is 21.6. The standard InChI is InChI=1S/C31H35ClN4O2/c32-23-15-16-25-26(18-20-34-27(25)21-23)33-19-8-13-29(37)35-30-28(17-14-22-9-4-3-5-10-22)36(31(30)38)24-11-6-1-2-7-12-24/h3-5,9-10,14-18,20-21,24,28,30H,1-2,6-8,11-13,19H2,(H,33,34)(H,35,37)/b17-14+/t28-,30+/m0/s1. The largest absolute Gasteiger partial charge is 0.384 e. The molecule has 1 saturated heterocycles. The number of carbonyl (C=O) groups excluding carboxylic acids is 2. The first kappa shape index (κ1) is 26.2. The fraction of sp³-hybridized carbons (Fsp3) is 0.387. The van der Waals surface area contributed by atoms with E-state index >= 15 is 0 Å². The highest BCUT2D eigenvalue weighted by molar-refractivity contribution is 6.31. The van der Waals surface area contributed by atoms with Crippen molar-refractivity contribution in [2.75, 3.05) is 11.9 Å². The van der Waals surface area contributed by atoms with Crippen LogP contribution in [0, 0.1) is 0 Å². The average molecular weight is 531 g/mol. The Morgan fingerprint density at radius 2 is 1.84 bits per heavy atom. The number of aromatic nitrogens is 1. The average Bonchev–Trinajstić information content (AvgIpc) is 3.21. The summed E-state index contributed by atoms with van der Waals surface area (Å²) in [5, 5.41) is 8.09. The van der Waals surface area contributed by atoms with Gasteiger partial charge in [-0.2, -0.15) is 0 Å². The molecule has 0 radical (unpaired) electrons. The quantitative estimate of drug-likeness (QED) is 0.196. The molecular formula is C31H35ClN4O2. The van der Waals surface area contributed by atoms with E-state index in [1.165, 1.54) is 12.8 Å². The van der Waals surface area contributed by atoms with Gasteiger partial charge >= 0.3 is 0 Å². The van der Waals surface area contributed by atoms with Crippen LogP contribution < -0.4 is 10.6 Å². The molecule has 6 nitrogen and oxygen atoms in total. The molecule has 5 rings (SSSR count). The van der Waals surface area contributed by atoms with Crippen molar-refractivity contribution in [2.45, 2.75) is 69.5 Å². The summed E-state index contributed by atoms with van der Waals surface area (Å²) >= 11 is 6.09. The van der Waals surface area contributed by atoms with Gasteiger partial charge in [0.05, 0.1) is 11.6 Å². The monoisotopic (exact) mass is 530 g/mol. The SMILES string of the molecule is O=C(CCCNc1ccnc2cc(Cl)ccc12)N[C@H]1C(=O)N(C2CCCCCC2)[C@H]1/C=C/c1ccccc1. The number of nitrogens with zero attached hydrogens (tertiary/aromatic N) is 2. The Bertz CT molecular complexity index is 1290. The maximum Gasteiger partial charge on any atom is 0.248 e. The number of pyridine rings is 1.